The zero-order chi connectivity index (χ0) is 14.2. The molecule has 106 valence electrons. The Morgan fingerprint density at radius 2 is 2.05 bits per heavy atom. The molecule has 0 aliphatic carbocycles. The van der Waals surface area contributed by atoms with Gasteiger partial charge < -0.3 is 5.11 Å². The van der Waals surface area contributed by atoms with Crippen LogP contribution < -0.4 is 0 Å². The summed E-state index contributed by atoms with van der Waals surface area (Å²) < 4.78 is 23.0. The summed E-state index contributed by atoms with van der Waals surface area (Å²) >= 11 is 1.33. The number of hydrogen-bond acceptors (Lipinski definition) is 6. The monoisotopic (exact) mass is 302 g/mol. The van der Waals surface area contributed by atoms with E-state index in [0.29, 0.717) is 0 Å². The number of rotatable bonds is 3. The molecule has 1 saturated heterocycles. The lowest BCUT2D eigenvalue weighted by Gasteiger charge is -2.13. The summed E-state index contributed by atoms with van der Waals surface area (Å²) in [7, 11) is -3.12. The van der Waals surface area contributed by atoms with Crippen molar-refractivity contribution in [2.24, 2.45) is 0 Å². The van der Waals surface area contributed by atoms with Crippen molar-refractivity contribution in [3.05, 3.63) is 17.6 Å². The summed E-state index contributed by atoms with van der Waals surface area (Å²) in [5.74, 6) is 0.833. The molecule has 1 aromatic rings. The van der Waals surface area contributed by atoms with E-state index in [1.165, 1.54) is 11.8 Å². The number of aryl methyl sites for hydroxylation is 1. The zero-order valence-electron chi connectivity index (χ0n) is 11.2. The molecule has 0 bridgehead atoms. The molecule has 1 fully saturated rings. The third-order valence-corrected chi connectivity index (χ3v) is 6.07. The highest BCUT2D eigenvalue weighted by molar-refractivity contribution is 8.01. The Kier molecular flexibility index (Phi) is 4.17. The molecular weight excluding hydrogens is 284 g/mol. The van der Waals surface area contributed by atoms with E-state index < -0.39 is 15.9 Å². The predicted molar refractivity (Wildman–Crippen MR) is 75.2 cm³/mol. The zero-order valence-corrected chi connectivity index (χ0v) is 12.8. The Labute approximate surface area is 117 Å². The summed E-state index contributed by atoms with van der Waals surface area (Å²) in [6.45, 7) is 5.91. The molecule has 1 N–H and O–H groups in total. The van der Waals surface area contributed by atoms with Gasteiger partial charge in [-0.1, -0.05) is 25.6 Å². The molecule has 0 spiro atoms. The van der Waals surface area contributed by atoms with Crippen LogP contribution in [-0.4, -0.2) is 46.4 Å². The Morgan fingerprint density at radius 1 is 1.37 bits per heavy atom. The Hall–Kier alpha value is -0.660. The minimum atomic E-state index is -3.12. The van der Waals surface area contributed by atoms with E-state index in [4.69, 9.17) is 0 Å². The Balaban J connectivity index is 2.20. The van der Waals surface area contributed by atoms with E-state index in [1.807, 2.05) is 26.8 Å². The number of thioether (sulfide) groups is 1. The maximum atomic E-state index is 11.5. The van der Waals surface area contributed by atoms with Crippen LogP contribution in [0.25, 0.3) is 0 Å². The number of aliphatic hydroxyl groups is 1. The third kappa shape index (κ3) is 3.67. The molecule has 19 heavy (non-hydrogen) atoms. The van der Waals surface area contributed by atoms with Crippen LogP contribution in [0.2, 0.25) is 0 Å². The molecule has 7 heteroatoms. The molecule has 0 radical (unpaired) electrons. The van der Waals surface area contributed by atoms with Crippen molar-refractivity contribution >= 4 is 21.6 Å². The lowest BCUT2D eigenvalue weighted by Crippen LogP contribution is -2.20. The van der Waals surface area contributed by atoms with E-state index >= 15 is 0 Å². The fourth-order valence-electron chi connectivity index (χ4n) is 1.94. The number of hydrogen-bond donors (Lipinski definition) is 1. The van der Waals surface area contributed by atoms with Crippen LogP contribution in [0, 0.1) is 6.92 Å². The van der Waals surface area contributed by atoms with Gasteiger partial charge in [0.1, 0.15) is 10.9 Å². The fraction of sp³-hybridized carbons (Fsp3) is 0.667. The topological polar surface area (TPSA) is 80.2 Å². The van der Waals surface area contributed by atoms with Crippen molar-refractivity contribution in [3.8, 4) is 0 Å². The first kappa shape index (κ1) is 14.7. The van der Waals surface area contributed by atoms with Gasteiger partial charge in [0.2, 0.25) is 0 Å². The molecule has 2 atom stereocenters. The van der Waals surface area contributed by atoms with Crippen LogP contribution in [0.5, 0.6) is 0 Å². The van der Waals surface area contributed by atoms with Gasteiger partial charge in [0.15, 0.2) is 9.84 Å². The number of aliphatic hydroxyl groups excluding tert-OH is 1. The molecule has 0 aromatic carbocycles. The summed E-state index contributed by atoms with van der Waals surface area (Å²) in [5.41, 5.74) is 0.858. The van der Waals surface area contributed by atoms with Crippen LogP contribution in [0.3, 0.4) is 0 Å². The molecule has 1 aromatic heterocycles. The SMILES string of the molecule is Cc1cc(S[C@H]2CS(=O)(=O)C[C@@H]2O)nc(C(C)C)n1. The maximum Gasteiger partial charge on any atom is 0.154 e. The van der Waals surface area contributed by atoms with Crippen molar-refractivity contribution in [1.82, 2.24) is 9.97 Å². The number of aromatic nitrogens is 2. The summed E-state index contributed by atoms with van der Waals surface area (Å²) in [5, 5.41) is 10.2. The highest BCUT2D eigenvalue weighted by atomic mass is 32.2. The molecule has 0 unspecified atom stereocenters. The average molecular weight is 302 g/mol. The molecule has 5 nitrogen and oxygen atoms in total. The first-order valence-electron chi connectivity index (χ1n) is 6.17. The first-order valence-corrected chi connectivity index (χ1v) is 8.87. The second kappa shape index (κ2) is 5.38. The van der Waals surface area contributed by atoms with Crippen molar-refractivity contribution in [2.45, 2.75) is 43.1 Å². The van der Waals surface area contributed by atoms with E-state index in [0.717, 1.165) is 16.5 Å². The molecule has 2 heterocycles. The van der Waals surface area contributed by atoms with E-state index in [2.05, 4.69) is 9.97 Å². The number of sulfone groups is 1. The quantitative estimate of drug-likeness (QED) is 0.844. The molecular formula is C12H18N2O3S2. The fourth-order valence-corrected chi connectivity index (χ4v) is 5.52. The first-order chi connectivity index (χ1) is 8.77. The molecule has 1 aliphatic heterocycles. The predicted octanol–water partition coefficient (Wildman–Crippen LogP) is 1.16. The standard InChI is InChI=1S/C12H18N2O3S2/c1-7(2)12-13-8(3)4-11(14-12)18-10-6-19(16,17)5-9(10)15/h4,7,9-10,15H,5-6H2,1-3H3/t9-,10-/m0/s1. The van der Waals surface area contributed by atoms with Crippen LogP contribution in [0.15, 0.2) is 11.1 Å². The van der Waals surface area contributed by atoms with Crippen LogP contribution in [0.4, 0.5) is 0 Å². The van der Waals surface area contributed by atoms with Gasteiger partial charge in [-0.05, 0) is 13.0 Å². The van der Waals surface area contributed by atoms with Gasteiger partial charge in [0.25, 0.3) is 0 Å². The lowest BCUT2D eigenvalue weighted by atomic mass is 10.2. The van der Waals surface area contributed by atoms with E-state index in [-0.39, 0.29) is 22.7 Å². The van der Waals surface area contributed by atoms with Crippen molar-refractivity contribution in [2.75, 3.05) is 11.5 Å². The summed E-state index contributed by atoms with van der Waals surface area (Å²) in [6.07, 6.45) is -0.812. The van der Waals surface area contributed by atoms with Gasteiger partial charge in [-0.15, -0.1) is 0 Å². The van der Waals surface area contributed by atoms with Crippen molar-refractivity contribution in [1.29, 1.82) is 0 Å². The minimum absolute atomic E-state index is 0.0128. The van der Waals surface area contributed by atoms with Crippen LogP contribution >= 0.6 is 11.8 Å². The summed E-state index contributed by atoms with van der Waals surface area (Å²) in [4.78, 5) is 8.78. The minimum Gasteiger partial charge on any atom is -0.391 e. The van der Waals surface area contributed by atoms with Gasteiger partial charge in [0.05, 0.1) is 22.9 Å². The van der Waals surface area contributed by atoms with Crippen molar-refractivity contribution < 1.29 is 13.5 Å². The normalized spacial score (nSPS) is 25.9. The summed E-state index contributed by atoms with van der Waals surface area (Å²) in [6, 6.07) is 1.83. The Morgan fingerprint density at radius 3 is 2.58 bits per heavy atom. The highest BCUT2D eigenvalue weighted by Crippen LogP contribution is 2.31. The van der Waals surface area contributed by atoms with E-state index in [9.17, 15) is 13.5 Å². The third-order valence-electron chi connectivity index (χ3n) is 2.91. The van der Waals surface area contributed by atoms with Crippen molar-refractivity contribution in [3.63, 3.8) is 0 Å². The molecule has 1 aliphatic rings. The van der Waals surface area contributed by atoms with E-state index in [1.54, 1.807) is 0 Å². The average Bonchev–Trinajstić information content (AvgIpc) is 2.50. The smallest absolute Gasteiger partial charge is 0.154 e. The highest BCUT2D eigenvalue weighted by Gasteiger charge is 2.37. The lowest BCUT2D eigenvalue weighted by molar-refractivity contribution is 0.207. The van der Waals surface area contributed by atoms with Gasteiger partial charge >= 0.3 is 0 Å². The van der Waals surface area contributed by atoms with Gasteiger partial charge in [-0.3, -0.25) is 0 Å². The maximum absolute atomic E-state index is 11.5. The molecule has 0 amide bonds. The second-order valence-electron chi connectivity index (χ2n) is 5.16. The molecule has 0 saturated carbocycles. The number of nitrogens with zero attached hydrogens (tertiary/aromatic N) is 2. The molecule has 2 rings (SSSR count). The van der Waals surface area contributed by atoms with Gasteiger partial charge in [-0.25, -0.2) is 18.4 Å². The Bertz CT molecular complexity index is 572. The van der Waals surface area contributed by atoms with Gasteiger partial charge in [0, 0.05) is 11.6 Å². The van der Waals surface area contributed by atoms with Crippen LogP contribution in [-0.2, 0) is 9.84 Å². The van der Waals surface area contributed by atoms with Gasteiger partial charge in [-0.2, -0.15) is 0 Å². The second-order valence-corrected chi connectivity index (χ2v) is 8.57. The largest absolute Gasteiger partial charge is 0.391 e. The van der Waals surface area contributed by atoms with Crippen LogP contribution in [0.1, 0.15) is 31.3 Å².